The van der Waals surface area contributed by atoms with Crippen molar-refractivity contribution >= 4 is 22.4 Å². The molecule has 0 atom stereocenters. The van der Waals surface area contributed by atoms with Gasteiger partial charge < -0.3 is 15.2 Å². The molecule has 2 heterocycles. The summed E-state index contributed by atoms with van der Waals surface area (Å²) in [6.07, 6.45) is 0. The fourth-order valence-electron chi connectivity index (χ4n) is 1.47. The van der Waals surface area contributed by atoms with E-state index in [2.05, 4.69) is 15.0 Å². The van der Waals surface area contributed by atoms with Gasteiger partial charge in [-0.15, -0.1) is 11.3 Å². The zero-order valence-electron chi connectivity index (χ0n) is 8.01. The van der Waals surface area contributed by atoms with E-state index in [1.54, 1.807) is 23.6 Å². The molecule has 0 saturated carbocycles. The van der Waals surface area contributed by atoms with Gasteiger partial charge in [0.05, 0.1) is 16.4 Å². The van der Waals surface area contributed by atoms with Crippen molar-refractivity contribution < 1.29 is 10.2 Å². The highest BCUT2D eigenvalue weighted by Gasteiger charge is 2.09. The molecule has 0 aliphatic carbocycles. The molecule has 0 bridgehead atoms. The molecule has 3 rings (SSSR count). The van der Waals surface area contributed by atoms with E-state index in [9.17, 15) is 5.11 Å². The van der Waals surface area contributed by atoms with Gasteiger partial charge in [0.1, 0.15) is 5.75 Å². The molecule has 0 fully saturated rings. The van der Waals surface area contributed by atoms with Crippen molar-refractivity contribution in [2.45, 2.75) is 0 Å². The molecule has 5 nitrogen and oxygen atoms in total. The van der Waals surface area contributed by atoms with E-state index in [-0.39, 0.29) is 11.6 Å². The number of aromatic hydroxyl groups is 2. The van der Waals surface area contributed by atoms with Crippen molar-refractivity contribution in [3.63, 3.8) is 0 Å². The van der Waals surface area contributed by atoms with Crippen LogP contribution in [0.4, 0.5) is 0 Å². The number of hydrogen-bond acceptors (Lipinski definition) is 5. The van der Waals surface area contributed by atoms with Crippen molar-refractivity contribution in [2.75, 3.05) is 0 Å². The molecule has 0 radical (unpaired) electrons. The van der Waals surface area contributed by atoms with Gasteiger partial charge in [-0.25, -0.2) is 4.98 Å². The average Bonchev–Trinajstić information content (AvgIpc) is 2.83. The van der Waals surface area contributed by atoms with Crippen molar-refractivity contribution in [1.29, 1.82) is 0 Å². The van der Waals surface area contributed by atoms with Crippen molar-refractivity contribution in [3.8, 4) is 22.5 Å². The molecule has 3 N–H and O–H groups in total. The number of H-pyrrole nitrogens is 1. The Kier molecular flexibility index (Phi) is 1.84. The number of rotatable bonds is 1. The van der Waals surface area contributed by atoms with Crippen LogP contribution in [0.3, 0.4) is 0 Å². The molecule has 2 aromatic heterocycles. The monoisotopic (exact) mass is 233 g/mol. The maximum absolute atomic E-state index is 9.31. The summed E-state index contributed by atoms with van der Waals surface area (Å²) >= 11 is 1.30. The summed E-state index contributed by atoms with van der Waals surface area (Å²) in [4.78, 5) is 11.3. The number of imidazole rings is 1. The number of phenolic OH excluding ortho intramolecular Hbond substituents is 1. The van der Waals surface area contributed by atoms with Gasteiger partial charge in [0.25, 0.3) is 0 Å². The fraction of sp³-hybridized carbons (Fsp3) is 0. The minimum atomic E-state index is -0.0108. The van der Waals surface area contributed by atoms with Gasteiger partial charge >= 0.3 is 0 Å². The Hall–Kier alpha value is -2.08. The second-order valence-electron chi connectivity index (χ2n) is 3.30. The van der Waals surface area contributed by atoms with Crippen LogP contribution in [0.5, 0.6) is 11.6 Å². The van der Waals surface area contributed by atoms with Crippen LogP contribution in [-0.4, -0.2) is 25.2 Å². The van der Waals surface area contributed by atoms with Gasteiger partial charge in [-0.1, -0.05) is 0 Å². The SMILES string of the molecule is Oc1ccc2nc(-c3nc(O)cs3)[nH]c2c1. The third kappa shape index (κ3) is 1.40. The molecule has 0 amide bonds. The second kappa shape index (κ2) is 3.21. The van der Waals surface area contributed by atoms with Crippen LogP contribution >= 0.6 is 11.3 Å². The lowest BCUT2D eigenvalue weighted by Gasteiger charge is -1.88. The lowest BCUT2D eigenvalue weighted by atomic mass is 10.3. The molecular formula is C10H7N3O2S. The number of phenols is 1. The molecular weight excluding hydrogens is 226 g/mol. The Labute approximate surface area is 94.0 Å². The smallest absolute Gasteiger partial charge is 0.222 e. The van der Waals surface area contributed by atoms with Crippen molar-refractivity contribution in [1.82, 2.24) is 15.0 Å². The second-order valence-corrected chi connectivity index (χ2v) is 4.16. The summed E-state index contributed by atoms with van der Waals surface area (Å²) in [6, 6.07) is 4.89. The summed E-state index contributed by atoms with van der Waals surface area (Å²) in [5.41, 5.74) is 1.49. The Bertz CT molecular complexity index is 659. The highest BCUT2D eigenvalue weighted by atomic mass is 32.1. The van der Waals surface area contributed by atoms with Crippen LogP contribution in [0.25, 0.3) is 21.9 Å². The quantitative estimate of drug-likeness (QED) is 0.601. The molecule has 1 aromatic carbocycles. The molecule has 0 unspecified atom stereocenters. The summed E-state index contributed by atoms with van der Waals surface area (Å²) in [6.45, 7) is 0. The number of aromatic amines is 1. The Morgan fingerprint density at radius 3 is 2.81 bits per heavy atom. The maximum atomic E-state index is 9.31. The Balaban J connectivity index is 2.18. The van der Waals surface area contributed by atoms with E-state index < -0.39 is 0 Å². The lowest BCUT2D eigenvalue weighted by molar-refractivity contribution is 0.458. The zero-order valence-corrected chi connectivity index (χ0v) is 8.82. The van der Waals surface area contributed by atoms with Gasteiger partial charge in [-0.2, -0.15) is 4.98 Å². The van der Waals surface area contributed by atoms with Crippen molar-refractivity contribution in [2.24, 2.45) is 0 Å². The normalized spacial score (nSPS) is 11.0. The maximum Gasteiger partial charge on any atom is 0.222 e. The number of fused-ring (bicyclic) bond motifs is 1. The third-order valence-corrected chi connectivity index (χ3v) is 3.00. The summed E-state index contributed by atoms with van der Waals surface area (Å²) in [5, 5.41) is 20.6. The van der Waals surface area contributed by atoms with Crippen LogP contribution < -0.4 is 0 Å². The number of nitrogens with zero attached hydrogens (tertiary/aromatic N) is 2. The first-order chi connectivity index (χ1) is 7.72. The third-order valence-electron chi connectivity index (χ3n) is 2.16. The fourth-order valence-corrected chi connectivity index (χ4v) is 2.10. The van der Waals surface area contributed by atoms with Crippen LogP contribution in [0.1, 0.15) is 0 Å². The van der Waals surface area contributed by atoms with Gasteiger partial charge in [0.2, 0.25) is 5.88 Å². The van der Waals surface area contributed by atoms with Crippen LogP contribution in [-0.2, 0) is 0 Å². The molecule has 0 aliphatic heterocycles. The minimum Gasteiger partial charge on any atom is -0.508 e. The highest BCUT2D eigenvalue weighted by molar-refractivity contribution is 7.13. The summed E-state index contributed by atoms with van der Waals surface area (Å²) < 4.78 is 0. The number of nitrogens with one attached hydrogen (secondary N) is 1. The standard InChI is InChI=1S/C10H7N3O2S/c14-5-1-2-6-7(3-5)12-9(11-6)10-13-8(15)4-16-10/h1-4,14-15H,(H,11,12). The molecule has 0 saturated heterocycles. The largest absolute Gasteiger partial charge is 0.508 e. The van der Waals surface area contributed by atoms with Gasteiger partial charge in [0, 0.05) is 6.07 Å². The first-order valence-corrected chi connectivity index (χ1v) is 5.44. The molecule has 6 heteroatoms. The molecule has 3 aromatic rings. The molecule has 0 aliphatic rings. The Morgan fingerprint density at radius 1 is 1.19 bits per heavy atom. The average molecular weight is 233 g/mol. The molecule has 16 heavy (non-hydrogen) atoms. The Morgan fingerprint density at radius 2 is 2.06 bits per heavy atom. The van der Waals surface area contributed by atoms with Crippen LogP contribution in [0.2, 0.25) is 0 Å². The van der Waals surface area contributed by atoms with Gasteiger partial charge in [-0.05, 0) is 12.1 Å². The van der Waals surface area contributed by atoms with E-state index >= 15 is 0 Å². The topological polar surface area (TPSA) is 82.0 Å². The van der Waals surface area contributed by atoms with Gasteiger partial charge in [-0.3, -0.25) is 0 Å². The zero-order chi connectivity index (χ0) is 11.1. The molecule has 80 valence electrons. The van der Waals surface area contributed by atoms with Gasteiger partial charge in [0.15, 0.2) is 10.8 Å². The number of aromatic nitrogens is 3. The summed E-state index contributed by atoms with van der Waals surface area (Å²) in [5.74, 6) is 0.763. The van der Waals surface area contributed by atoms with E-state index in [0.717, 1.165) is 11.0 Å². The van der Waals surface area contributed by atoms with Crippen LogP contribution in [0, 0.1) is 0 Å². The highest BCUT2D eigenvalue weighted by Crippen LogP contribution is 2.27. The predicted molar refractivity (Wildman–Crippen MR) is 60.5 cm³/mol. The summed E-state index contributed by atoms with van der Waals surface area (Å²) in [7, 11) is 0. The predicted octanol–water partition coefficient (Wildman–Crippen LogP) is 2.10. The van der Waals surface area contributed by atoms with E-state index in [1.807, 2.05) is 0 Å². The first-order valence-electron chi connectivity index (χ1n) is 4.56. The van der Waals surface area contributed by atoms with Crippen molar-refractivity contribution in [3.05, 3.63) is 23.6 Å². The lowest BCUT2D eigenvalue weighted by Crippen LogP contribution is -1.76. The number of thiazole rings is 1. The minimum absolute atomic E-state index is 0.0108. The number of benzene rings is 1. The van der Waals surface area contributed by atoms with E-state index in [4.69, 9.17) is 5.11 Å². The van der Waals surface area contributed by atoms with E-state index in [0.29, 0.717) is 10.8 Å². The van der Waals surface area contributed by atoms with E-state index in [1.165, 1.54) is 11.3 Å². The van der Waals surface area contributed by atoms with Crippen LogP contribution in [0.15, 0.2) is 23.6 Å². The number of hydrogen-bond donors (Lipinski definition) is 3. The first kappa shape index (κ1) is 9.17. The molecule has 0 spiro atoms.